The predicted molar refractivity (Wildman–Crippen MR) is 102 cm³/mol. The zero-order valence-corrected chi connectivity index (χ0v) is 15.3. The van der Waals surface area contributed by atoms with Gasteiger partial charge in [0.2, 0.25) is 0 Å². The van der Waals surface area contributed by atoms with Crippen LogP contribution in [0.1, 0.15) is 36.6 Å². The second-order valence-electron chi connectivity index (χ2n) is 7.13. The standard InChI is InChI=1S/C21H25N3O3/c1-2-27-15-10-8-13(9-11-15)17-12-16(21(25)26)18-19(23-24-20(18)22-17)14-6-4-3-5-7-14/h3-11,16-20,22-24H,2,12H2,1H3,(H,25,26). The van der Waals surface area contributed by atoms with Crippen molar-refractivity contribution in [1.82, 2.24) is 16.2 Å². The first kappa shape index (κ1) is 18.0. The van der Waals surface area contributed by atoms with Crippen molar-refractivity contribution in [3.05, 3.63) is 65.7 Å². The second-order valence-corrected chi connectivity index (χ2v) is 7.13. The lowest BCUT2D eigenvalue weighted by Crippen LogP contribution is -2.53. The average molecular weight is 367 g/mol. The molecule has 0 radical (unpaired) electrons. The SMILES string of the molecule is CCOc1ccc(C2CC(C(=O)O)C3C(NNC3c3ccccc3)N2)cc1. The van der Waals surface area contributed by atoms with Crippen molar-refractivity contribution in [1.29, 1.82) is 0 Å². The van der Waals surface area contributed by atoms with Gasteiger partial charge in [0.05, 0.1) is 24.7 Å². The molecule has 4 N–H and O–H groups in total. The van der Waals surface area contributed by atoms with Crippen molar-refractivity contribution in [2.45, 2.75) is 31.6 Å². The zero-order valence-electron chi connectivity index (χ0n) is 15.3. The fourth-order valence-electron chi connectivity index (χ4n) is 4.30. The largest absolute Gasteiger partial charge is 0.494 e. The average Bonchev–Trinajstić information content (AvgIpc) is 3.12. The fraction of sp³-hybridized carbons (Fsp3) is 0.381. The molecule has 27 heavy (non-hydrogen) atoms. The maximum absolute atomic E-state index is 12.1. The van der Waals surface area contributed by atoms with E-state index in [-0.39, 0.29) is 24.2 Å². The number of ether oxygens (including phenoxy) is 1. The molecule has 0 aliphatic carbocycles. The number of carboxylic acids is 1. The lowest BCUT2D eigenvalue weighted by Gasteiger charge is -2.39. The number of rotatable bonds is 5. The monoisotopic (exact) mass is 367 g/mol. The molecule has 4 rings (SSSR count). The summed E-state index contributed by atoms with van der Waals surface area (Å²) in [6, 6.07) is 17.9. The van der Waals surface area contributed by atoms with E-state index >= 15 is 0 Å². The van der Waals surface area contributed by atoms with E-state index in [1.54, 1.807) is 0 Å². The van der Waals surface area contributed by atoms with Crippen LogP contribution in [0.4, 0.5) is 0 Å². The highest BCUT2D eigenvalue weighted by Gasteiger charge is 2.49. The minimum Gasteiger partial charge on any atom is -0.494 e. The van der Waals surface area contributed by atoms with Crippen LogP contribution in [0.2, 0.25) is 0 Å². The lowest BCUT2D eigenvalue weighted by molar-refractivity contribution is -0.146. The molecule has 142 valence electrons. The Morgan fingerprint density at radius 1 is 1.07 bits per heavy atom. The van der Waals surface area contributed by atoms with Gasteiger partial charge in [-0.15, -0.1) is 0 Å². The van der Waals surface area contributed by atoms with Crippen LogP contribution in [0.5, 0.6) is 5.75 Å². The van der Waals surface area contributed by atoms with E-state index in [0.717, 1.165) is 16.9 Å². The van der Waals surface area contributed by atoms with Gasteiger partial charge in [-0.05, 0) is 36.6 Å². The first-order valence-electron chi connectivity index (χ1n) is 9.45. The number of piperidine rings is 1. The molecule has 0 aromatic heterocycles. The number of hydrogen-bond acceptors (Lipinski definition) is 5. The molecule has 0 bridgehead atoms. The van der Waals surface area contributed by atoms with Crippen molar-refractivity contribution in [2.75, 3.05) is 6.61 Å². The Kier molecular flexibility index (Phi) is 5.11. The lowest BCUT2D eigenvalue weighted by atomic mass is 9.75. The van der Waals surface area contributed by atoms with E-state index < -0.39 is 11.9 Å². The quantitative estimate of drug-likeness (QED) is 0.650. The van der Waals surface area contributed by atoms with Crippen molar-refractivity contribution < 1.29 is 14.6 Å². The van der Waals surface area contributed by atoms with Crippen molar-refractivity contribution in [3.63, 3.8) is 0 Å². The summed E-state index contributed by atoms with van der Waals surface area (Å²) in [5.74, 6) is -0.423. The fourth-order valence-corrected chi connectivity index (χ4v) is 4.30. The topological polar surface area (TPSA) is 82.6 Å². The summed E-state index contributed by atoms with van der Waals surface area (Å²) in [7, 11) is 0. The van der Waals surface area contributed by atoms with Crippen LogP contribution < -0.4 is 20.9 Å². The third kappa shape index (κ3) is 3.56. The Morgan fingerprint density at radius 2 is 1.81 bits per heavy atom. The third-order valence-corrected chi connectivity index (χ3v) is 5.57. The van der Waals surface area contributed by atoms with Gasteiger partial charge in [0.15, 0.2) is 0 Å². The maximum Gasteiger partial charge on any atom is 0.307 e. The molecule has 0 amide bonds. The summed E-state index contributed by atoms with van der Waals surface area (Å²) in [4.78, 5) is 12.1. The molecular formula is C21H25N3O3. The van der Waals surface area contributed by atoms with Crippen LogP contribution in [-0.4, -0.2) is 23.8 Å². The maximum atomic E-state index is 12.1. The zero-order chi connectivity index (χ0) is 18.8. The van der Waals surface area contributed by atoms with E-state index in [1.165, 1.54) is 0 Å². The molecule has 5 unspecified atom stereocenters. The summed E-state index contributed by atoms with van der Waals surface area (Å²) in [6.45, 7) is 2.58. The Hall–Kier alpha value is -2.41. The minimum absolute atomic E-state index is 0.0214. The number of nitrogens with one attached hydrogen (secondary N) is 3. The van der Waals surface area contributed by atoms with Gasteiger partial charge in [0.1, 0.15) is 5.75 Å². The van der Waals surface area contributed by atoms with Crippen LogP contribution in [0.15, 0.2) is 54.6 Å². The highest BCUT2D eigenvalue weighted by atomic mass is 16.5. The van der Waals surface area contributed by atoms with Crippen molar-refractivity contribution in [2.24, 2.45) is 11.8 Å². The summed E-state index contributed by atoms with van der Waals surface area (Å²) >= 11 is 0. The highest BCUT2D eigenvalue weighted by Crippen LogP contribution is 2.42. The summed E-state index contributed by atoms with van der Waals surface area (Å²) < 4.78 is 5.50. The van der Waals surface area contributed by atoms with Crippen molar-refractivity contribution >= 4 is 5.97 Å². The second kappa shape index (κ2) is 7.68. The molecule has 5 atom stereocenters. The molecule has 2 aromatic carbocycles. The smallest absolute Gasteiger partial charge is 0.307 e. The van der Waals surface area contributed by atoms with Gasteiger partial charge >= 0.3 is 5.97 Å². The number of aliphatic carboxylic acids is 1. The number of carboxylic acid groups (broad SMARTS) is 1. The number of fused-ring (bicyclic) bond motifs is 1. The van der Waals surface area contributed by atoms with Crippen LogP contribution >= 0.6 is 0 Å². The molecule has 6 nitrogen and oxygen atoms in total. The Balaban J connectivity index is 1.57. The molecule has 2 saturated heterocycles. The first-order chi connectivity index (χ1) is 13.2. The van der Waals surface area contributed by atoms with Gasteiger partial charge in [-0.3, -0.25) is 10.1 Å². The van der Waals surface area contributed by atoms with E-state index in [4.69, 9.17) is 4.74 Å². The van der Waals surface area contributed by atoms with Gasteiger partial charge in [-0.1, -0.05) is 42.5 Å². The van der Waals surface area contributed by atoms with Gasteiger partial charge < -0.3 is 9.84 Å². The van der Waals surface area contributed by atoms with Crippen LogP contribution in [0.3, 0.4) is 0 Å². The number of hydrazine groups is 1. The first-order valence-corrected chi connectivity index (χ1v) is 9.45. The van der Waals surface area contributed by atoms with Crippen LogP contribution in [-0.2, 0) is 4.79 Å². The molecule has 0 spiro atoms. The number of carbonyl (C=O) groups is 1. The normalized spacial score (nSPS) is 29.9. The Bertz CT molecular complexity index is 781. The summed E-state index contributed by atoms with van der Waals surface area (Å²) in [5.41, 5.74) is 8.75. The van der Waals surface area contributed by atoms with E-state index in [0.29, 0.717) is 13.0 Å². The van der Waals surface area contributed by atoms with Gasteiger partial charge in [-0.2, -0.15) is 0 Å². The van der Waals surface area contributed by atoms with Gasteiger partial charge in [-0.25, -0.2) is 10.9 Å². The Morgan fingerprint density at radius 3 is 2.48 bits per heavy atom. The van der Waals surface area contributed by atoms with Gasteiger partial charge in [0.25, 0.3) is 0 Å². The van der Waals surface area contributed by atoms with Gasteiger partial charge in [0, 0.05) is 12.0 Å². The molecule has 2 aliphatic heterocycles. The summed E-state index contributed by atoms with van der Waals surface area (Å²) in [5, 5.41) is 13.5. The van der Waals surface area contributed by atoms with E-state index in [2.05, 4.69) is 16.2 Å². The molecule has 0 saturated carbocycles. The van der Waals surface area contributed by atoms with E-state index in [1.807, 2.05) is 61.5 Å². The minimum atomic E-state index is -0.742. The number of benzene rings is 2. The number of hydrogen-bond donors (Lipinski definition) is 4. The molecular weight excluding hydrogens is 342 g/mol. The Labute approximate surface area is 158 Å². The summed E-state index contributed by atoms with van der Waals surface area (Å²) in [6.07, 6.45) is 0.443. The predicted octanol–water partition coefficient (Wildman–Crippen LogP) is 2.61. The molecule has 2 fully saturated rings. The van der Waals surface area contributed by atoms with Crippen molar-refractivity contribution in [3.8, 4) is 5.75 Å². The highest BCUT2D eigenvalue weighted by molar-refractivity contribution is 5.71. The van der Waals surface area contributed by atoms with Crippen LogP contribution in [0, 0.1) is 11.8 Å². The molecule has 2 heterocycles. The van der Waals surface area contributed by atoms with E-state index in [9.17, 15) is 9.90 Å². The molecule has 2 aromatic rings. The molecule has 2 aliphatic rings. The molecule has 6 heteroatoms. The van der Waals surface area contributed by atoms with Crippen LogP contribution in [0.25, 0.3) is 0 Å². The third-order valence-electron chi connectivity index (χ3n) is 5.57.